The molecule has 0 heteroatoms. The summed E-state index contributed by atoms with van der Waals surface area (Å²) in [5.41, 5.74) is 6.94. The van der Waals surface area contributed by atoms with Gasteiger partial charge in [-0.1, -0.05) is 48.5 Å². The minimum absolute atomic E-state index is 0.382. The molecular weight excluding hydrogens is 228 g/mol. The fraction of sp³-hybridized carbons (Fsp3) is 0.368. The number of hydrogen-bond acceptors (Lipinski definition) is 0. The zero-order valence-corrected chi connectivity index (χ0v) is 11.1. The van der Waals surface area contributed by atoms with E-state index in [0.29, 0.717) is 5.41 Å². The lowest BCUT2D eigenvalue weighted by Crippen LogP contribution is -2.31. The molecule has 3 aliphatic carbocycles. The van der Waals surface area contributed by atoms with Crippen LogP contribution < -0.4 is 0 Å². The minimum atomic E-state index is 0.382. The molecule has 1 saturated carbocycles. The zero-order valence-electron chi connectivity index (χ0n) is 11.1. The fourth-order valence-electron chi connectivity index (χ4n) is 5.48. The summed E-state index contributed by atoms with van der Waals surface area (Å²) < 4.78 is 0. The van der Waals surface area contributed by atoms with Gasteiger partial charge in [0.15, 0.2) is 0 Å². The molecule has 0 saturated heterocycles. The second kappa shape index (κ2) is 3.30. The van der Waals surface area contributed by atoms with Crippen molar-refractivity contribution in [2.45, 2.75) is 31.1 Å². The van der Waals surface area contributed by atoms with Crippen molar-refractivity contribution in [3.63, 3.8) is 0 Å². The lowest BCUT2D eigenvalue weighted by Gasteiger charge is -2.32. The quantitative estimate of drug-likeness (QED) is 0.656. The standard InChI is InChI=1S/C19H18/c1-3-7-17-13(5-1)11-15-9-10-16-12-14-6-2-4-8-18(14)19(15,16)17/h1-8,15-16H,9-12H2/t15-,16-,19?/m1/s1. The third kappa shape index (κ3) is 1.04. The summed E-state index contributed by atoms with van der Waals surface area (Å²) in [4.78, 5) is 0. The van der Waals surface area contributed by atoms with Crippen LogP contribution in [-0.4, -0.2) is 0 Å². The second-order valence-corrected chi connectivity index (χ2v) is 6.56. The summed E-state index contributed by atoms with van der Waals surface area (Å²) in [6.07, 6.45) is 5.46. The highest BCUT2D eigenvalue weighted by atomic mass is 14.6. The molecule has 0 heterocycles. The van der Waals surface area contributed by atoms with E-state index in [0.717, 1.165) is 11.8 Å². The lowest BCUT2D eigenvalue weighted by atomic mass is 9.70. The van der Waals surface area contributed by atoms with Crippen LogP contribution in [0.1, 0.15) is 35.1 Å². The first-order valence-electron chi connectivity index (χ1n) is 7.57. The summed E-state index contributed by atoms with van der Waals surface area (Å²) in [6, 6.07) is 18.5. The maximum atomic E-state index is 2.41. The predicted molar refractivity (Wildman–Crippen MR) is 77.3 cm³/mol. The molecule has 0 bridgehead atoms. The van der Waals surface area contributed by atoms with Gasteiger partial charge in [0.05, 0.1) is 0 Å². The monoisotopic (exact) mass is 246 g/mol. The summed E-state index contributed by atoms with van der Waals surface area (Å²) in [5, 5.41) is 0. The van der Waals surface area contributed by atoms with Crippen molar-refractivity contribution >= 4 is 0 Å². The summed E-state index contributed by atoms with van der Waals surface area (Å²) >= 11 is 0. The molecule has 2 aromatic carbocycles. The Hall–Kier alpha value is -1.56. The number of fused-ring (bicyclic) bond motifs is 2. The third-order valence-corrected chi connectivity index (χ3v) is 6.01. The summed E-state index contributed by atoms with van der Waals surface area (Å²) in [5.74, 6) is 1.72. The first kappa shape index (κ1) is 10.3. The summed E-state index contributed by atoms with van der Waals surface area (Å²) in [6.45, 7) is 0. The van der Waals surface area contributed by atoms with Gasteiger partial charge in [-0.15, -0.1) is 0 Å². The smallest absolute Gasteiger partial charge is 0.0270 e. The highest BCUT2D eigenvalue weighted by molar-refractivity contribution is 5.57. The van der Waals surface area contributed by atoms with Crippen molar-refractivity contribution in [1.82, 2.24) is 0 Å². The SMILES string of the molecule is c1ccc2c(c1)C[C@H]1CC[C@@H]3Cc4ccccc4C213. The first-order chi connectivity index (χ1) is 9.40. The van der Waals surface area contributed by atoms with E-state index in [1.165, 1.54) is 25.7 Å². The average molecular weight is 246 g/mol. The molecule has 0 aromatic heterocycles. The Labute approximate surface area is 114 Å². The molecule has 0 aliphatic heterocycles. The van der Waals surface area contributed by atoms with Gasteiger partial charge in [-0.2, -0.15) is 0 Å². The Morgan fingerprint density at radius 1 is 0.684 bits per heavy atom. The molecule has 0 unspecified atom stereocenters. The minimum Gasteiger partial charge on any atom is -0.0620 e. The fourth-order valence-corrected chi connectivity index (χ4v) is 5.48. The van der Waals surface area contributed by atoms with Crippen LogP contribution in [0.4, 0.5) is 0 Å². The Bertz CT molecular complexity index is 608. The van der Waals surface area contributed by atoms with Crippen LogP contribution in [0.5, 0.6) is 0 Å². The van der Waals surface area contributed by atoms with E-state index in [1.54, 1.807) is 22.3 Å². The van der Waals surface area contributed by atoms with E-state index in [9.17, 15) is 0 Å². The molecule has 0 radical (unpaired) electrons. The topological polar surface area (TPSA) is 0 Å². The highest BCUT2D eigenvalue weighted by Crippen LogP contribution is 2.64. The van der Waals surface area contributed by atoms with Crippen LogP contribution in [0.2, 0.25) is 0 Å². The van der Waals surface area contributed by atoms with Gasteiger partial charge in [-0.3, -0.25) is 0 Å². The highest BCUT2D eigenvalue weighted by Gasteiger charge is 2.59. The lowest BCUT2D eigenvalue weighted by molar-refractivity contribution is 0.349. The van der Waals surface area contributed by atoms with Gasteiger partial charge >= 0.3 is 0 Å². The van der Waals surface area contributed by atoms with E-state index in [-0.39, 0.29) is 0 Å². The number of hydrogen-bond donors (Lipinski definition) is 0. The van der Waals surface area contributed by atoms with Crippen molar-refractivity contribution in [3.8, 4) is 0 Å². The Balaban J connectivity index is 1.86. The van der Waals surface area contributed by atoms with Gasteiger partial charge in [-0.05, 0) is 59.8 Å². The molecule has 0 amide bonds. The maximum absolute atomic E-state index is 2.41. The van der Waals surface area contributed by atoms with E-state index < -0.39 is 0 Å². The molecular formula is C19H18. The van der Waals surface area contributed by atoms with Crippen molar-refractivity contribution in [2.75, 3.05) is 0 Å². The van der Waals surface area contributed by atoms with E-state index in [4.69, 9.17) is 0 Å². The van der Waals surface area contributed by atoms with Crippen molar-refractivity contribution < 1.29 is 0 Å². The molecule has 0 N–H and O–H groups in total. The van der Waals surface area contributed by atoms with Gasteiger partial charge < -0.3 is 0 Å². The Morgan fingerprint density at radius 3 is 1.68 bits per heavy atom. The summed E-state index contributed by atoms with van der Waals surface area (Å²) in [7, 11) is 0. The molecule has 94 valence electrons. The van der Waals surface area contributed by atoms with Crippen LogP contribution >= 0.6 is 0 Å². The molecule has 1 fully saturated rings. The third-order valence-electron chi connectivity index (χ3n) is 6.01. The van der Waals surface area contributed by atoms with Crippen LogP contribution in [0.3, 0.4) is 0 Å². The Kier molecular flexibility index (Phi) is 1.78. The first-order valence-corrected chi connectivity index (χ1v) is 7.57. The van der Waals surface area contributed by atoms with Crippen LogP contribution in [0.15, 0.2) is 48.5 Å². The van der Waals surface area contributed by atoms with Crippen LogP contribution in [0.25, 0.3) is 0 Å². The largest absolute Gasteiger partial charge is 0.0620 e. The van der Waals surface area contributed by atoms with Gasteiger partial charge in [0.1, 0.15) is 0 Å². The normalized spacial score (nSPS) is 33.7. The maximum Gasteiger partial charge on any atom is 0.0270 e. The van der Waals surface area contributed by atoms with E-state index in [2.05, 4.69) is 48.5 Å². The molecule has 2 atom stereocenters. The van der Waals surface area contributed by atoms with E-state index >= 15 is 0 Å². The average Bonchev–Trinajstić information content (AvgIpc) is 3.05. The molecule has 3 aliphatic rings. The van der Waals surface area contributed by atoms with E-state index in [1.807, 2.05) is 0 Å². The van der Waals surface area contributed by atoms with Gasteiger partial charge in [-0.25, -0.2) is 0 Å². The van der Waals surface area contributed by atoms with Crippen molar-refractivity contribution in [2.24, 2.45) is 11.8 Å². The zero-order chi connectivity index (χ0) is 12.4. The van der Waals surface area contributed by atoms with Crippen molar-refractivity contribution in [3.05, 3.63) is 70.8 Å². The number of benzene rings is 2. The molecule has 5 rings (SSSR count). The molecule has 0 nitrogen and oxygen atoms in total. The molecule has 2 aromatic rings. The van der Waals surface area contributed by atoms with Crippen LogP contribution in [0, 0.1) is 11.8 Å². The molecule has 19 heavy (non-hydrogen) atoms. The molecule has 1 spiro atoms. The predicted octanol–water partition coefficient (Wildman–Crippen LogP) is 4.11. The van der Waals surface area contributed by atoms with Crippen LogP contribution in [-0.2, 0) is 18.3 Å². The van der Waals surface area contributed by atoms with Gasteiger partial charge in [0.2, 0.25) is 0 Å². The van der Waals surface area contributed by atoms with Crippen molar-refractivity contribution in [1.29, 1.82) is 0 Å². The van der Waals surface area contributed by atoms with Gasteiger partial charge in [0, 0.05) is 5.41 Å². The van der Waals surface area contributed by atoms with Gasteiger partial charge in [0.25, 0.3) is 0 Å². The Morgan fingerprint density at radius 2 is 1.16 bits per heavy atom. The second-order valence-electron chi connectivity index (χ2n) is 6.56. The number of rotatable bonds is 0.